The molecule has 1 aromatic carbocycles. The number of hydrogen-bond acceptors (Lipinski definition) is 5. The quantitative estimate of drug-likeness (QED) is 0.831. The molecule has 0 aliphatic rings. The van der Waals surface area contributed by atoms with Gasteiger partial charge in [0.25, 0.3) is 0 Å². The van der Waals surface area contributed by atoms with Crippen LogP contribution in [0.15, 0.2) is 35.7 Å². The number of nitrogens with zero attached hydrogens (tertiary/aromatic N) is 3. The molecular weight excluding hydrogens is 248 g/mol. The summed E-state index contributed by atoms with van der Waals surface area (Å²) in [6.07, 6.45) is 1.68. The fourth-order valence-corrected chi connectivity index (χ4v) is 2.54. The number of thioether (sulfide) groups is 1. The molecule has 2 rings (SSSR count). The minimum atomic E-state index is 0.142. The van der Waals surface area contributed by atoms with Crippen molar-refractivity contribution in [3.05, 3.63) is 36.2 Å². The van der Waals surface area contributed by atoms with Crippen molar-refractivity contribution in [1.82, 2.24) is 14.8 Å². The molecule has 6 heteroatoms. The minimum Gasteiger partial charge on any atom is -0.497 e. The summed E-state index contributed by atoms with van der Waals surface area (Å²) in [5, 5.41) is 8.92. The van der Waals surface area contributed by atoms with Crippen LogP contribution in [0.25, 0.3) is 0 Å². The maximum absolute atomic E-state index is 5.84. The number of methoxy groups -OCH3 is 1. The largest absolute Gasteiger partial charge is 0.497 e. The molecule has 0 saturated carbocycles. The monoisotopic (exact) mass is 264 g/mol. The number of aromatic nitrogens is 3. The number of benzene rings is 1. The molecule has 18 heavy (non-hydrogen) atoms. The van der Waals surface area contributed by atoms with Crippen LogP contribution in [-0.2, 0) is 7.05 Å². The number of aryl methyl sites for hydroxylation is 1. The van der Waals surface area contributed by atoms with Crippen molar-refractivity contribution < 1.29 is 4.74 Å². The number of rotatable bonds is 5. The van der Waals surface area contributed by atoms with Gasteiger partial charge in [-0.2, -0.15) is 0 Å². The average molecular weight is 264 g/mol. The Balaban J connectivity index is 2.20. The van der Waals surface area contributed by atoms with Crippen LogP contribution in [0, 0.1) is 0 Å². The van der Waals surface area contributed by atoms with E-state index in [1.165, 1.54) is 0 Å². The van der Waals surface area contributed by atoms with Crippen molar-refractivity contribution in [3.63, 3.8) is 0 Å². The third-order valence-electron chi connectivity index (χ3n) is 2.60. The van der Waals surface area contributed by atoms with Crippen molar-refractivity contribution in [1.29, 1.82) is 0 Å². The summed E-state index contributed by atoms with van der Waals surface area (Å²) in [4.78, 5) is 0. The van der Waals surface area contributed by atoms with E-state index < -0.39 is 0 Å². The lowest BCUT2D eigenvalue weighted by molar-refractivity contribution is 0.414. The number of ether oxygens (including phenoxy) is 1. The van der Waals surface area contributed by atoms with E-state index in [1.807, 2.05) is 35.9 Å². The zero-order valence-electron chi connectivity index (χ0n) is 10.4. The second kappa shape index (κ2) is 5.88. The van der Waals surface area contributed by atoms with Crippen molar-refractivity contribution in [3.8, 4) is 5.75 Å². The highest BCUT2D eigenvalue weighted by Crippen LogP contribution is 2.34. The molecule has 0 aliphatic carbocycles. The lowest BCUT2D eigenvalue weighted by Gasteiger charge is -2.14. The molecule has 0 fully saturated rings. The van der Waals surface area contributed by atoms with Crippen LogP contribution in [0.2, 0.25) is 0 Å². The molecule has 1 atom stereocenters. The first-order valence-electron chi connectivity index (χ1n) is 5.59. The Kier molecular flexibility index (Phi) is 4.22. The van der Waals surface area contributed by atoms with Crippen molar-refractivity contribution in [2.24, 2.45) is 12.8 Å². The second-order valence-electron chi connectivity index (χ2n) is 3.84. The molecule has 1 heterocycles. The first kappa shape index (κ1) is 12.9. The van der Waals surface area contributed by atoms with Gasteiger partial charge in [-0.3, -0.25) is 0 Å². The lowest BCUT2D eigenvalue weighted by Crippen LogP contribution is -2.10. The molecule has 0 spiro atoms. The van der Waals surface area contributed by atoms with Gasteiger partial charge < -0.3 is 15.0 Å². The highest BCUT2D eigenvalue weighted by Gasteiger charge is 2.15. The predicted molar refractivity (Wildman–Crippen MR) is 71.6 cm³/mol. The molecule has 0 aliphatic heterocycles. The molecule has 2 aromatic rings. The highest BCUT2D eigenvalue weighted by atomic mass is 32.2. The highest BCUT2D eigenvalue weighted by molar-refractivity contribution is 7.99. The Morgan fingerprint density at radius 1 is 1.50 bits per heavy atom. The van der Waals surface area contributed by atoms with Crippen LogP contribution in [0.5, 0.6) is 5.75 Å². The normalized spacial score (nSPS) is 12.4. The van der Waals surface area contributed by atoms with Crippen LogP contribution in [0.1, 0.15) is 10.8 Å². The van der Waals surface area contributed by atoms with E-state index in [1.54, 1.807) is 25.2 Å². The van der Waals surface area contributed by atoms with Crippen LogP contribution >= 0.6 is 11.8 Å². The zero-order valence-corrected chi connectivity index (χ0v) is 11.2. The fourth-order valence-electron chi connectivity index (χ4n) is 1.60. The Bertz CT molecular complexity index is 514. The maximum atomic E-state index is 5.84. The SMILES string of the molecule is COc1cccc(C(CN)Sc2nncn2C)c1. The first-order chi connectivity index (χ1) is 8.74. The zero-order chi connectivity index (χ0) is 13.0. The van der Waals surface area contributed by atoms with Gasteiger partial charge in [-0.15, -0.1) is 10.2 Å². The number of nitrogens with two attached hydrogens (primary N) is 1. The third-order valence-corrected chi connectivity index (χ3v) is 3.93. The van der Waals surface area contributed by atoms with Gasteiger partial charge >= 0.3 is 0 Å². The minimum absolute atomic E-state index is 0.142. The van der Waals surface area contributed by atoms with Gasteiger partial charge in [0, 0.05) is 18.8 Å². The van der Waals surface area contributed by atoms with E-state index in [0.717, 1.165) is 16.5 Å². The van der Waals surface area contributed by atoms with Gasteiger partial charge in [0.2, 0.25) is 0 Å². The van der Waals surface area contributed by atoms with E-state index >= 15 is 0 Å². The fraction of sp³-hybridized carbons (Fsp3) is 0.333. The predicted octanol–water partition coefficient (Wildman–Crippen LogP) is 1.62. The summed E-state index contributed by atoms with van der Waals surface area (Å²) in [6, 6.07) is 7.93. The van der Waals surface area contributed by atoms with Crippen molar-refractivity contribution in [2.75, 3.05) is 13.7 Å². The lowest BCUT2D eigenvalue weighted by atomic mass is 10.1. The first-order valence-corrected chi connectivity index (χ1v) is 6.47. The summed E-state index contributed by atoms with van der Waals surface area (Å²) >= 11 is 1.60. The Morgan fingerprint density at radius 2 is 2.33 bits per heavy atom. The Morgan fingerprint density at radius 3 is 2.94 bits per heavy atom. The van der Waals surface area contributed by atoms with Gasteiger partial charge in [-0.05, 0) is 17.7 Å². The third kappa shape index (κ3) is 2.83. The molecule has 1 unspecified atom stereocenters. The van der Waals surface area contributed by atoms with Gasteiger partial charge in [0.15, 0.2) is 5.16 Å². The van der Waals surface area contributed by atoms with Gasteiger partial charge in [0.1, 0.15) is 12.1 Å². The molecular formula is C12H16N4OS. The molecule has 0 amide bonds. The topological polar surface area (TPSA) is 66.0 Å². The van der Waals surface area contributed by atoms with E-state index in [2.05, 4.69) is 10.2 Å². The van der Waals surface area contributed by atoms with Gasteiger partial charge in [-0.1, -0.05) is 23.9 Å². The summed E-state index contributed by atoms with van der Waals surface area (Å²) in [7, 11) is 3.58. The molecule has 0 saturated heterocycles. The van der Waals surface area contributed by atoms with Crippen LogP contribution in [0.3, 0.4) is 0 Å². The molecule has 1 aromatic heterocycles. The molecule has 0 bridgehead atoms. The van der Waals surface area contributed by atoms with Gasteiger partial charge in [0.05, 0.1) is 7.11 Å². The Hall–Kier alpha value is -1.53. The summed E-state index contributed by atoms with van der Waals surface area (Å²) in [6.45, 7) is 0.532. The smallest absolute Gasteiger partial charge is 0.191 e. The molecule has 0 radical (unpaired) electrons. The average Bonchev–Trinajstić information content (AvgIpc) is 2.81. The second-order valence-corrected chi connectivity index (χ2v) is 5.01. The van der Waals surface area contributed by atoms with Crippen molar-refractivity contribution >= 4 is 11.8 Å². The molecule has 2 N–H and O–H groups in total. The van der Waals surface area contributed by atoms with E-state index in [-0.39, 0.29) is 5.25 Å². The van der Waals surface area contributed by atoms with Crippen LogP contribution in [-0.4, -0.2) is 28.4 Å². The molecule has 5 nitrogen and oxygen atoms in total. The van der Waals surface area contributed by atoms with E-state index in [9.17, 15) is 0 Å². The van der Waals surface area contributed by atoms with Crippen molar-refractivity contribution in [2.45, 2.75) is 10.4 Å². The summed E-state index contributed by atoms with van der Waals surface area (Å²) in [5.41, 5.74) is 6.97. The van der Waals surface area contributed by atoms with E-state index in [0.29, 0.717) is 6.54 Å². The van der Waals surface area contributed by atoms with Crippen LogP contribution in [0.4, 0.5) is 0 Å². The standard InChI is InChI=1S/C12H16N4OS/c1-16-8-14-15-12(16)18-11(7-13)9-4-3-5-10(6-9)17-2/h3-6,8,11H,7,13H2,1-2H3. The maximum Gasteiger partial charge on any atom is 0.191 e. The number of hydrogen-bond donors (Lipinski definition) is 1. The van der Waals surface area contributed by atoms with Crippen LogP contribution < -0.4 is 10.5 Å². The summed E-state index contributed by atoms with van der Waals surface area (Å²) < 4.78 is 7.11. The van der Waals surface area contributed by atoms with E-state index in [4.69, 9.17) is 10.5 Å². The summed E-state index contributed by atoms with van der Waals surface area (Å²) in [5.74, 6) is 0.838. The Labute approximate surface area is 110 Å². The molecule has 96 valence electrons. The van der Waals surface area contributed by atoms with Gasteiger partial charge in [-0.25, -0.2) is 0 Å².